The Balaban J connectivity index is 1.52. The number of benzene rings is 2. The fourth-order valence-corrected chi connectivity index (χ4v) is 3.54. The van der Waals surface area contributed by atoms with Crippen LogP contribution >= 0.6 is 0 Å². The standard InChI is InChI=1S/C21H18F3N3O/c22-16-6-2-1-5-15(16)21(28)27-9-3-4-14(12-27)20-25-11-19(26-20)13-7-8-17(23)18(24)10-13/h1-2,5-8,10-11,14H,3-4,9,12H2,(H,25,26). The molecule has 1 atom stereocenters. The summed E-state index contributed by atoms with van der Waals surface area (Å²) in [5.74, 6) is -2.07. The average Bonchev–Trinajstić information content (AvgIpc) is 3.20. The number of nitrogens with zero attached hydrogens (tertiary/aromatic N) is 2. The van der Waals surface area contributed by atoms with Gasteiger partial charge in [-0.2, -0.15) is 0 Å². The van der Waals surface area contributed by atoms with Crippen molar-refractivity contribution in [2.45, 2.75) is 18.8 Å². The minimum Gasteiger partial charge on any atom is -0.342 e. The molecule has 1 unspecified atom stereocenters. The third-order valence-corrected chi connectivity index (χ3v) is 5.03. The number of hydrogen-bond acceptors (Lipinski definition) is 2. The molecule has 1 fully saturated rings. The summed E-state index contributed by atoms with van der Waals surface area (Å²) >= 11 is 0. The number of H-pyrrole nitrogens is 1. The molecule has 3 aromatic rings. The second-order valence-corrected chi connectivity index (χ2v) is 6.88. The number of carbonyl (C=O) groups excluding carboxylic acids is 1. The molecule has 0 aliphatic carbocycles. The van der Waals surface area contributed by atoms with Gasteiger partial charge in [0.2, 0.25) is 0 Å². The van der Waals surface area contributed by atoms with Crippen molar-refractivity contribution in [2.24, 2.45) is 0 Å². The number of nitrogens with one attached hydrogen (secondary N) is 1. The van der Waals surface area contributed by atoms with Gasteiger partial charge in [-0.15, -0.1) is 0 Å². The monoisotopic (exact) mass is 385 g/mol. The first-order valence-corrected chi connectivity index (χ1v) is 9.07. The lowest BCUT2D eigenvalue weighted by molar-refractivity contribution is 0.0700. The Morgan fingerprint density at radius 3 is 2.68 bits per heavy atom. The van der Waals surface area contributed by atoms with E-state index >= 15 is 0 Å². The SMILES string of the molecule is O=C(c1ccccc1F)N1CCCC(c2ncc(-c3ccc(F)c(F)c3)[nH]2)C1. The van der Waals surface area contributed by atoms with Crippen LogP contribution in [0.2, 0.25) is 0 Å². The first-order chi connectivity index (χ1) is 13.5. The quantitative estimate of drug-likeness (QED) is 0.721. The highest BCUT2D eigenvalue weighted by atomic mass is 19.2. The van der Waals surface area contributed by atoms with Gasteiger partial charge in [-0.1, -0.05) is 12.1 Å². The topological polar surface area (TPSA) is 49.0 Å². The largest absolute Gasteiger partial charge is 0.342 e. The number of aromatic amines is 1. The number of piperidine rings is 1. The number of amides is 1. The maximum absolute atomic E-state index is 13.9. The first kappa shape index (κ1) is 18.3. The van der Waals surface area contributed by atoms with E-state index in [0.29, 0.717) is 30.2 Å². The maximum atomic E-state index is 13.9. The van der Waals surface area contributed by atoms with Crippen molar-refractivity contribution in [2.75, 3.05) is 13.1 Å². The third-order valence-electron chi connectivity index (χ3n) is 5.03. The van der Waals surface area contributed by atoms with Crippen LogP contribution in [0.15, 0.2) is 48.7 Å². The van der Waals surface area contributed by atoms with Gasteiger partial charge in [0, 0.05) is 24.6 Å². The molecule has 144 valence electrons. The van der Waals surface area contributed by atoms with E-state index in [-0.39, 0.29) is 17.4 Å². The van der Waals surface area contributed by atoms with Crippen LogP contribution in [0.5, 0.6) is 0 Å². The van der Waals surface area contributed by atoms with E-state index in [2.05, 4.69) is 9.97 Å². The molecule has 2 heterocycles. The molecule has 0 bridgehead atoms. The first-order valence-electron chi connectivity index (χ1n) is 9.07. The maximum Gasteiger partial charge on any atom is 0.256 e. The molecule has 1 aromatic heterocycles. The van der Waals surface area contributed by atoms with Crippen molar-refractivity contribution in [3.63, 3.8) is 0 Å². The van der Waals surface area contributed by atoms with E-state index in [9.17, 15) is 18.0 Å². The Morgan fingerprint density at radius 2 is 1.89 bits per heavy atom. The highest BCUT2D eigenvalue weighted by molar-refractivity contribution is 5.94. The summed E-state index contributed by atoms with van der Waals surface area (Å²) in [5, 5.41) is 0. The smallest absolute Gasteiger partial charge is 0.256 e. The molecule has 1 aliphatic heterocycles. The number of imidazole rings is 1. The lowest BCUT2D eigenvalue weighted by atomic mass is 9.96. The van der Waals surface area contributed by atoms with Crippen LogP contribution in [-0.2, 0) is 0 Å². The third kappa shape index (κ3) is 3.52. The van der Waals surface area contributed by atoms with Gasteiger partial charge in [0.25, 0.3) is 5.91 Å². The second kappa shape index (κ2) is 7.50. The van der Waals surface area contributed by atoms with Crippen molar-refractivity contribution in [3.8, 4) is 11.3 Å². The summed E-state index contributed by atoms with van der Waals surface area (Å²) in [6, 6.07) is 9.60. The molecule has 1 N–H and O–H groups in total. The molecule has 7 heteroatoms. The summed E-state index contributed by atoms with van der Waals surface area (Å²) < 4.78 is 40.6. The van der Waals surface area contributed by atoms with Crippen LogP contribution in [0.25, 0.3) is 11.3 Å². The Kier molecular flexibility index (Phi) is 4.90. The van der Waals surface area contributed by atoms with Crippen molar-refractivity contribution in [3.05, 3.63) is 77.5 Å². The molecule has 4 rings (SSSR count). The molecule has 1 amide bonds. The van der Waals surface area contributed by atoms with Gasteiger partial charge in [-0.3, -0.25) is 4.79 Å². The zero-order valence-corrected chi connectivity index (χ0v) is 15.0. The number of rotatable bonds is 3. The van der Waals surface area contributed by atoms with E-state index in [1.807, 2.05) is 0 Å². The molecular formula is C21H18F3N3O. The van der Waals surface area contributed by atoms with Gasteiger partial charge in [0.15, 0.2) is 11.6 Å². The Morgan fingerprint density at radius 1 is 1.07 bits per heavy atom. The molecule has 4 nitrogen and oxygen atoms in total. The second-order valence-electron chi connectivity index (χ2n) is 6.88. The number of likely N-dealkylation sites (tertiary alicyclic amines) is 1. The van der Waals surface area contributed by atoms with Crippen molar-refractivity contribution >= 4 is 5.91 Å². The van der Waals surface area contributed by atoms with Gasteiger partial charge in [-0.25, -0.2) is 18.2 Å². The number of aromatic nitrogens is 2. The Bertz CT molecular complexity index is 1020. The molecule has 2 aromatic carbocycles. The molecule has 0 spiro atoms. The zero-order chi connectivity index (χ0) is 19.7. The summed E-state index contributed by atoms with van der Waals surface area (Å²) in [6.07, 6.45) is 3.16. The van der Waals surface area contributed by atoms with Crippen molar-refractivity contribution in [1.82, 2.24) is 14.9 Å². The number of halogens is 3. The van der Waals surface area contributed by atoms with Gasteiger partial charge in [0.05, 0.1) is 17.5 Å². The lowest BCUT2D eigenvalue weighted by Crippen LogP contribution is -2.39. The molecular weight excluding hydrogens is 367 g/mol. The summed E-state index contributed by atoms with van der Waals surface area (Å²) in [7, 11) is 0. The van der Waals surface area contributed by atoms with Crippen molar-refractivity contribution < 1.29 is 18.0 Å². The van der Waals surface area contributed by atoms with E-state index in [0.717, 1.165) is 25.0 Å². The molecule has 0 radical (unpaired) electrons. The fraction of sp³-hybridized carbons (Fsp3) is 0.238. The fourth-order valence-electron chi connectivity index (χ4n) is 3.54. The average molecular weight is 385 g/mol. The van der Waals surface area contributed by atoms with Crippen LogP contribution < -0.4 is 0 Å². The van der Waals surface area contributed by atoms with E-state index in [1.165, 1.54) is 18.2 Å². The highest BCUT2D eigenvalue weighted by Gasteiger charge is 2.28. The van der Waals surface area contributed by atoms with E-state index < -0.39 is 17.5 Å². The zero-order valence-electron chi connectivity index (χ0n) is 15.0. The minimum absolute atomic E-state index is 0.0384. The Hall–Kier alpha value is -3.09. The molecule has 28 heavy (non-hydrogen) atoms. The number of hydrogen-bond donors (Lipinski definition) is 1. The predicted molar refractivity (Wildman–Crippen MR) is 98.2 cm³/mol. The van der Waals surface area contributed by atoms with Crippen LogP contribution in [0, 0.1) is 17.5 Å². The predicted octanol–water partition coefficient (Wildman–Crippen LogP) is 4.51. The van der Waals surface area contributed by atoms with Gasteiger partial charge in [-0.05, 0) is 43.2 Å². The highest BCUT2D eigenvalue weighted by Crippen LogP contribution is 2.28. The lowest BCUT2D eigenvalue weighted by Gasteiger charge is -2.32. The van der Waals surface area contributed by atoms with Crippen LogP contribution in [0.1, 0.15) is 34.9 Å². The van der Waals surface area contributed by atoms with Crippen LogP contribution in [0.3, 0.4) is 0 Å². The normalized spacial score (nSPS) is 17.0. The van der Waals surface area contributed by atoms with E-state index in [4.69, 9.17) is 0 Å². The summed E-state index contributed by atoms with van der Waals surface area (Å²) in [4.78, 5) is 21.8. The van der Waals surface area contributed by atoms with Crippen LogP contribution in [0.4, 0.5) is 13.2 Å². The van der Waals surface area contributed by atoms with E-state index in [1.54, 1.807) is 23.2 Å². The summed E-state index contributed by atoms with van der Waals surface area (Å²) in [5.41, 5.74) is 1.13. The molecule has 1 saturated heterocycles. The number of carbonyl (C=O) groups is 1. The van der Waals surface area contributed by atoms with Gasteiger partial charge in [0.1, 0.15) is 11.6 Å². The summed E-state index contributed by atoms with van der Waals surface area (Å²) in [6.45, 7) is 0.971. The Labute approximate surface area is 160 Å². The minimum atomic E-state index is -0.923. The van der Waals surface area contributed by atoms with Gasteiger partial charge < -0.3 is 9.88 Å². The van der Waals surface area contributed by atoms with Crippen LogP contribution in [-0.4, -0.2) is 33.9 Å². The molecule has 0 saturated carbocycles. The van der Waals surface area contributed by atoms with Gasteiger partial charge >= 0.3 is 0 Å². The van der Waals surface area contributed by atoms with Crippen molar-refractivity contribution in [1.29, 1.82) is 0 Å². The molecule has 1 aliphatic rings.